The van der Waals surface area contributed by atoms with Gasteiger partial charge in [-0.25, -0.2) is 9.78 Å². The van der Waals surface area contributed by atoms with E-state index in [0.29, 0.717) is 34.4 Å². The van der Waals surface area contributed by atoms with Crippen molar-refractivity contribution < 1.29 is 4.74 Å². The quantitative estimate of drug-likeness (QED) is 0.688. The van der Waals surface area contributed by atoms with Crippen LogP contribution in [0.2, 0.25) is 5.02 Å². The van der Waals surface area contributed by atoms with E-state index in [1.807, 2.05) is 6.07 Å². The summed E-state index contributed by atoms with van der Waals surface area (Å²) in [4.78, 5) is 22.0. The van der Waals surface area contributed by atoms with Gasteiger partial charge in [0.05, 0.1) is 29.6 Å². The van der Waals surface area contributed by atoms with E-state index in [2.05, 4.69) is 21.4 Å². The number of halogens is 1. The Balaban J connectivity index is 1.51. The van der Waals surface area contributed by atoms with Crippen LogP contribution in [0.15, 0.2) is 23.1 Å². The predicted octanol–water partition coefficient (Wildman–Crippen LogP) is 3.72. The van der Waals surface area contributed by atoms with Gasteiger partial charge in [-0.3, -0.25) is 9.13 Å². The molecular formula is C21H21ClN6O2. The number of fused-ring (bicyclic) bond motifs is 2. The summed E-state index contributed by atoms with van der Waals surface area (Å²) in [6.07, 6.45) is 5.68. The van der Waals surface area contributed by atoms with Crippen LogP contribution in [0, 0.1) is 17.2 Å². The Bertz CT molecular complexity index is 1230. The van der Waals surface area contributed by atoms with Crippen molar-refractivity contribution in [1.29, 1.82) is 5.26 Å². The largest absolute Gasteiger partial charge is 0.493 e. The summed E-state index contributed by atoms with van der Waals surface area (Å²) in [5.41, 5.74) is 2.97. The number of rotatable bonds is 3. The molecule has 0 radical (unpaired) electrons. The molecule has 2 aromatic heterocycles. The summed E-state index contributed by atoms with van der Waals surface area (Å²) < 4.78 is 8.89. The number of hydrogen-bond acceptors (Lipinski definition) is 6. The van der Waals surface area contributed by atoms with Crippen molar-refractivity contribution in [2.45, 2.75) is 38.1 Å². The van der Waals surface area contributed by atoms with Crippen LogP contribution >= 0.6 is 11.6 Å². The maximum atomic E-state index is 12.9. The molecule has 30 heavy (non-hydrogen) atoms. The van der Waals surface area contributed by atoms with Crippen molar-refractivity contribution in [2.24, 2.45) is 13.0 Å². The highest BCUT2D eigenvalue weighted by Gasteiger charge is 2.27. The second kappa shape index (κ2) is 7.33. The van der Waals surface area contributed by atoms with Gasteiger partial charge in [0.15, 0.2) is 5.65 Å². The van der Waals surface area contributed by atoms with Gasteiger partial charge in [-0.2, -0.15) is 10.2 Å². The van der Waals surface area contributed by atoms with Crippen molar-refractivity contribution in [3.8, 4) is 11.8 Å². The SMILES string of the molecule is Cn1c(=O)n([C@H]2CC[C@H](C#N)CC2)c2nc(Nc3cc4c(cc3Cl)OCC4)ncc21. The number of nitrogens with one attached hydrogen (secondary N) is 1. The lowest BCUT2D eigenvalue weighted by Crippen LogP contribution is -2.28. The van der Waals surface area contributed by atoms with Crippen molar-refractivity contribution in [1.82, 2.24) is 19.1 Å². The second-order valence-corrected chi connectivity index (χ2v) is 8.32. The van der Waals surface area contributed by atoms with Gasteiger partial charge in [0.1, 0.15) is 11.3 Å². The zero-order chi connectivity index (χ0) is 20.8. The molecule has 0 bridgehead atoms. The molecule has 154 valence electrons. The number of anilines is 2. The van der Waals surface area contributed by atoms with Gasteiger partial charge < -0.3 is 10.1 Å². The summed E-state index contributed by atoms with van der Waals surface area (Å²) in [6.45, 7) is 0.655. The minimum absolute atomic E-state index is 0.0364. The average molecular weight is 425 g/mol. The highest BCUT2D eigenvalue weighted by atomic mass is 35.5. The lowest BCUT2D eigenvalue weighted by Gasteiger charge is -2.25. The fourth-order valence-electron chi connectivity index (χ4n) is 4.40. The smallest absolute Gasteiger partial charge is 0.330 e. The molecule has 2 aliphatic rings. The van der Waals surface area contributed by atoms with E-state index < -0.39 is 0 Å². The van der Waals surface area contributed by atoms with Crippen molar-refractivity contribution in [3.63, 3.8) is 0 Å². The molecule has 9 heteroatoms. The van der Waals surface area contributed by atoms with E-state index in [4.69, 9.17) is 21.6 Å². The Labute approximate surface area is 178 Å². The van der Waals surface area contributed by atoms with Crippen molar-refractivity contribution >= 4 is 34.4 Å². The second-order valence-electron chi connectivity index (χ2n) is 7.91. The molecule has 1 saturated carbocycles. The van der Waals surface area contributed by atoms with Crippen LogP contribution in [0.4, 0.5) is 11.6 Å². The Morgan fingerprint density at radius 3 is 2.87 bits per heavy atom. The molecule has 3 aromatic rings. The molecule has 1 aliphatic carbocycles. The van der Waals surface area contributed by atoms with E-state index in [-0.39, 0.29) is 17.6 Å². The molecule has 0 saturated heterocycles. The molecule has 0 spiro atoms. The Morgan fingerprint density at radius 1 is 1.30 bits per heavy atom. The van der Waals surface area contributed by atoms with Gasteiger partial charge in [-0.1, -0.05) is 11.6 Å². The number of aromatic nitrogens is 4. The summed E-state index contributed by atoms with van der Waals surface area (Å²) in [7, 11) is 1.73. The zero-order valence-electron chi connectivity index (χ0n) is 16.6. The molecule has 1 aromatic carbocycles. The first-order chi connectivity index (χ1) is 14.5. The van der Waals surface area contributed by atoms with E-state index >= 15 is 0 Å². The van der Waals surface area contributed by atoms with Crippen molar-refractivity contribution in [2.75, 3.05) is 11.9 Å². The molecule has 1 N–H and O–H groups in total. The molecule has 3 heterocycles. The number of imidazole rings is 1. The molecule has 5 rings (SSSR count). The normalized spacial score (nSPS) is 20.6. The molecule has 1 fully saturated rings. The Morgan fingerprint density at radius 2 is 2.10 bits per heavy atom. The highest BCUT2D eigenvalue weighted by Crippen LogP contribution is 2.36. The van der Waals surface area contributed by atoms with Gasteiger partial charge >= 0.3 is 5.69 Å². The minimum Gasteiger partial charge on any atom is -0.493 e. The average Bonchev–Trinajstić information content (AvgIpc) is 3.30. The van der Waals surface area contributed by atoms with Crippen molar-refractivity contribution in [3.05, 3.63) is 39.4 Å². The van der Waals surface area contributed by atoms with Crippen LogP contribution in [-0.4, -0.2) is 25.7 Å². The van der Waals surface area contributed by atoms with Gasteiger partial charge in [-0.05, 0) is 37.3 Å². The van der Waals surface area contributed by atoms with E-state index in [1.54, 1.807) is 28.4 Å². The third kappa shape index (κ3) is 3.10. The van der Waals surface area contributed by atoms with Gasteiger partial charge in [-0.15, -0.1) is 0 Å². The maximum absolute atomic E-state index is 12.9. The van der Waals surface area contributed by atoms with E-state index in [0.717, 1.165) is 43.4 Å². The summed E-state index contributed by atoms with van der Waals surface area (Å²) in [5, 5.41) is 12.9. The van der Waals surface area contributed by atoms with Crippen LogP contribution in [0.1, 0.15) is 37.3 Å². The Kier molecular flexibility index (Phi) is 4.63. The number of nitrogens with zero attached hydrogens (tertiary/aromatic N) is 5. The van der Waals surface area contributed by atoms with E-state index in [1.165, 1.54) is 0 Å². The maximum Gasteiger partial charge on any atom is 0.330 e. The number of hydrogen-bond donors (Lipinski definition) is 1. The number of benzene rings is 1. The topological polar surface area (TPSA) is 97.8 Å². The lowest BCUT2D eigenvalue weighted by atomic mass is 9.87. The minimum atomic E-state index is -0.107. The number of aryl methyl sites for hydroxylation is 1. The Hall–Kier alpha value is -3.05. The molecule has 0 amide bonds. The highest BCUT2D eigenvalue weighted by molar-refractivity contribution is 6.33. The predicted molar refractivity (Wildman–Crippen MR) is 113 cm³/mol. The van der Waals surface area contributed by atoms with Gasteiger partial charge in [0, 0.05) is 31.5 Å². The first-order valence-corrected chi connectivity index (χ1v) is 10.5. The fourth-order valence-corrected chi connectivity index (χ4v) is 4.61. The first-order valence-electron chi connectivity index (χ1n) is 10.1. The van der Waals surface area contributed by atoms with E-state index in [9.17, 15) is 4.79 Å². The third-order valence-electron chi connectivity index (χ3n) is 6.10. The monoisotopic (exact) mass is 424 g/mol. The zero-order valence-corrected chi connectivity index (χ0v) is 17.3. The molecule has 0 atom stereocenters. The molecule has 1 aliphatic heterocycles. The van der Waals surface area contributed by atoms with Gasteiger partial charge in [0.2, 0.25) is 5.95 Å². The lowest BCUT2D eigenvalue weighted by molar-refractivity contribution is 0.311. The summed E-state index contributed by atoms with van der Waals surface area (Å²) >= 11 is 6.40. The number of nitriles is 1. The van der Waals surface area contributed by atoms with Crippen LogP contribution in [0.25, 0.3) is 11.2 Å². The third-order valence-corrected chi connectivity index (χ3v) is 6.42. The van der Waals surface area contributed by atoms with Crippen LogP contribution in [0.5, 0.6) is 5.75 Å². The summed E-state index contributed by atoms with van der Waals surface area (Å²) in [5.74, 6) is 1.27. The molecular weight excluding hydrogens is 404 g/mol. The summed E-state index contributed by atoms with van der Waals surface area (Å²) in [6, 6.07) is 6.14. The molecule has 8 nitrogen and oxygen atoms in total. The first kappa shape index (κ1) is 18.9. The van der Waals surface area contributed by atoms with Crippen LogP contribution < -0.4 is 15.7 Å². The van der Waals surface area contributed by atoms with Gasteiger partial charge in [0.25, 0.3) is 0 Å². The van der Waals surface area contributed by atoms with Crippen LogP contribution in [-0.2, 0) is 13.5 Å². The fraction of sp³-hybridized carbons (Fsp3) is 0.429. The molecule has 0 unspecified atom stereocenters. The number of ether oxygens (including phenoxy) is 1. The van der Waals surface area contributed by atoms with Crippen LogP contribution in [0.3, 0.4) is 0 Å². The standard InChI is InChI=1S/C21H21ClN6O2/c1-27-17-11-24-20(25-16-8-13-6-7-30-18(13)9-15(16)22)26-19(17)28(21(27)29)14-4-2-12(10-23)3-5-14/h8-9,11-12,14H,2-7H2,1H3,(H,24,25,26)/t12-,14-.